The lowest BCUT2D eigenvalue weighted by Gasteiger charge is -2.24. The van der Waals surface area contributed by atoms with Gasteiger partial charge >= 0.3 is 6.18 Å². The molecule has 0 aromatic carbocycles. The van der Waals surface area contributed by atoms with Crippen LogP contribution in [0.4, 0.5) is 13.2 Å². The maximum atomic E-state index is 13.7. The number of rotatable bonds is 9. The van der Waals surface area contributed by atoms with E-state index in [1.54, 1.807) is 7.05 Å². The highest BCUT2D eigenvalue weighted by Gasteiger charge is 2.38. The largest absolute Gasteiger partial charge is 0.418 e. The Hall–Kier alpha value is -1.98. The number of halogens is 3. The monoisotopic (exact) mass is 395 g/mol. The number of nitrogens with zero attached hydrogens (tertiary/aromatic N) is 1. The van der Waals surface area contributed by atoms with Crippen LogP contribution in [0.3, 0.4) is 0 Å². The van der Waals surface area contributed by atoms with E-state index in [2.05, 4.69) is 28.8 Å². The molecule has 0 spiro atoms. The summed E-state index contributed by atoms with van der Waals surface area (Å²) in [4.78, 5) is 4.33. The smallest absolute Gasteiger partial charge is 0.391 e. The zero-order valence-corrected chi connectivity index (χ0v) is 17.0. The molecule has 0 saturated heterocycles. The highest BCUT2D eigenvalue weighted by Crippen LogP contribution is 2.37. The molecule has 2 aliphatic carbocycles. The van der Waals surface area contributed by atoms with Crippen LogP contribution in [-0.4, -0.2) is 25.0 Å². The van der Waals surface area contributed by atoms with Crippen molar-refractivity contribution in [2.45, 2.75) is 70.5 Å². The molecule has 0 amide bonds. The van der Waals surface area contributed by atoms with Crippen LogP contribution in [0.5, 0.6) is 0 Å². The van der Waals surface area contributed by atoms with E-state index >= 15 is 0 Å². The summed E-state index contributed by atoms with van der Waals surface area (Å²) in [6, 6.07) is 0.220. The third kappa shape index (κ3) is 6.28. The molecule has 2 fully saturated rings. The van der Waals surface area contributed by atoms with Gasteiger partial charge in [-0.25, -0.2) is 4.99 Å². The number of aliphatic imine (C=N–C) groups is 1. The molecule has 6 heteroatoms. The van der Waals surface area contributed by atoms with Crippen molar-refractivity contribution in [1.29, 1.82) is 0 Å². The van der Waals surface area contributed by atoms with E-state index < -0.39 is 11.7 Å². The van der Waals surface area contributed by atoms with Gasteiger partial charge in [0.25, 0.3) is 0 Å². The van der Waals surface area contributed by atoms with Gasteiger partial charge in [-0.3, -0.25) is 0 Å². The number of alkyl halides is 3. The van der Waals surface area contributed by atoms with Gasteiger partial charge < -0.3 is 10.6 Å². The van der Waals surface area contributed by atoms with Gasteiger partial charge in [0.05, 0.1) is 11.3 Å². The van der Waals surface area contributed by atoms with Gasteiger partial charge in [-0.2, -0.15) is 13.2 Å². The second-order valence-corrected chi connectivity index (χ2v) is 7.58. The summed E-state index contributed by atoms with van der Waals surface area (Å²) in [6.07, 6.45) is 6.37. The molecule has 0 bridgehead atoms. The van der Waals surface area contributed by atoms with E-state index in [1.807, 2.05) is 0 Å². The predicted octanol–water partition coefficient (Wildman–Crippen LogP) is 5.79. The van der Waals surface area contributed by atoms with Crippen molar-refractivity contribution in [3.63, 3.8) is 0 Å². The first-order valence-corrected chi connectivity index (χ1v) is 10.1. The molecule has 28 heavy (non-hydrogen) atoms. The Morgan fingerprint density at radius 2 is 1.79 bits per heavy atom. The fraction of sp³-hybridized carbons (Fsp3) is 0.591. The molecule has 2 aliphatic rings. The van der Waals surface area contributed by atoms with Crippen LogP contribution in [0.25, 0.3) is 0 Å². The molecule has 0 unspecified atom stereocenters. The topological polar surface area (TPSA) is 36.4 Å². The summed E-state index contributed by atoms with van der Waals surface area (Å²) in [6.45, 7) is 9.05. The first-order valence-electron chi connectivity index (χ1n) is 10.1. The van der Waals surface area contributed by atoms with Gasteiger partial charge in [0.2, 0.25) is 0 Å². The van der Waals surface area contributed by atoms with Crippen LogP contribution < -0.4 is 10.6 Å². The van der Waals surface area contributed by atoms with E-state index in [0.29, 0.717) is 17.9 Å². The maximum absolute atomic E-state index is 13.7. The predicted molar refractivity (Wildman–Crippen MR) is 110 cm³/mol. The lowest BCUT2D eigenvalue weighted by Crippen LogP contribution is -2.31. The van der Waals surface area contributed by atoms with E-state index in [9.17, 15) is 13.2 Å². The number of allylic oxidation sites excluding steroid dienone is 5. The average molecular weight is 396 g/mol. The van der Waals surface area contributed by atoms with Gasteiger partial charge in [0.15, 0.2) is 0 Å². The maximum Gasteiger partial charge on any atom is 0.418 e. The van der Waals surface area contributed by atoms with Crippen molar-refractivity contribution in [2.24, 2.45) is 10.9 Å². The number of hydrogen-bond acceptors (Lipinski definition) is 3. The summed E-state index contributed by atoms with van der Waals surface area (Å²) in [5.41, 5.74) is 0.248. The van der Waals surface area contributed by atoms with Crippen molar-refractivity contribution in [2.75, 3.05) is 7.05 Å². The fourth-order valence-electron chi connectivity index (χ4n) is 3.67. The van der Waals surface area contributed by atoms with Crippen LogP contribution >= 0.6 is 0 Å². The first kappa shape index (κ1) is 22.3. The summed E-state index contributed by atoms with van der Waals surface area (Å²) in [7, 11) is 1.73. The summed E-state index contributed by atoms with van der Waals surface area (Å²) < 4.78 is 41.2. The SMILES string of the molecule is C=CC(=C(CC1CC1)NC)C(=N/C(=C)NC1CCCCC1)/C(=C\C)C(F)(F)F. The third-order valence-electron chi connectivity index (χ3n) is 5.35. The summed E-state index contributed by atoms with van der Waals surface area (Å²) in [5.74, 6) is 0.786. The lowest BCUT2D eigenvalue weighted by atomic mass is 9.95. The highest BCUT2D eigenvalue weighted by atomic mass is 19.4. The molecular formula is C22H32F3N3. The van der Waals surface area contributed by atoms with Crippen molar-refractivity contribution in [1.82, 2.24) is 10.6 Å². The molecule has 0 aliphatic heterocycles. The van der Waals surface area contributed by atoms with Crippen LogP contribution in [-0.2, 0) is 0 Å². The van der Waals surface area contributed by atoms with Gasteiger partial charge in [0, 0.05) is 24.4 Å². The van der Waals surface area contributed by atoms with E-state index in [0.717, 1.165) is 50.3 Å². The van der Waals surface area contributed by atoms with E-state index in [4.69, 9.17) is 0 Å². The quantitative estimate of drug-likeness (QED) is 0.383. The molecule has 2 rings (SSSR count). The Bertz CT molecular complexity index is 661. The average Bonchev–Trinajstić information content (AvgIpc) is 3.45. The van der Waals surface area contributed by atoms with E-state index in [-0.39, 0.29) is 17.6 Å². The molecule has 0 aromatic heterocycles. The molecule has 2 N–H and O–H groups in total. The van der Waals surface area contributed by atoms with Crippen LogP contribution in [0, 0.1) is 5.92 Å². The second-order valence-electron chi connectivity index (χ2n) is 7.58. The van der Waals surface area contributed by atoms with Crippen molar-refractivity contribution in [3.05, 3.63) is 48.0 Å². The molecule has 0 aromatic rings. The van der Waals surface area contributed by atoms with Crippen molar-refractivity contribution < 1.29 is 13.2 Å². The summed E-state index contributed by atoms with van der Waals surface area (Å²) >= 11 is 0. The van der Waals surface area contributed by atoms with Gasteiger partial charge in [-0.15, -0.1) is 0 Å². The molecule has 3 nitrogen and oxygen atoms in total. The van der Waals surface area contributed by atoms with Crippen LogP contribution in [0.15, 0.2) is 53.0 Å². The van der Waals surface area contributed by atoms with Gasteiger partial charge in [-0.05, 0) is 44.9 Å². The van der Waals surface area contributed by atoms with Gasteiger partial charge in [0.1, 0.15) is 5.82 Å². The van der Waals surface area contributed by atoms with Crippen molar-refractivity contribution >= 4 is 5.71 Å². The standard InChI is InChI=1S/C22H32F3N3/c1-5-18(20(26-4)14-16-12-13-16)21(19(6-2)22(23,24)25)28-15(3)27-17-10-8-7-9-11-17/h5-6,16-17,26-27H,1,3,7-14H2,2,4H3/b19-6+,20-18?,28-21-. The minimum atomic E-state index is -4.51. The molecular weight excluding hydrogens is 363 g/mol. The summed E-state index contributed by atoms with van der Waals surface area (Å²) in [5, 5.41) is 6.29. The minimum Gasteiger partial charge on any atom is -0.391 e. The van der Waals surface area contributed by atoms with Gasteiger partial charge in [-0.1, -0.05) is 44.6 Å². The Morgan fingerprint density at radius 3 is 2.25 bits per heavy atom. The zero-order chi connectivity index (χ0) is 20.7. The molecule has 0 atom stereocenters. The molecule has 0 heterocycles. The zero-order valence-electron chi connectivity index (χ0n) is 17.0. The third-order valence-corrected chi connectivity index (χ3v) is 5.35. The molecule has 156 valence electrons. The number of nitrogens with one attached hydrogen (secondary N) is 2. The Morgan fingerprint density at radius 1 is 1.14 bits per heavy atom. The first-order chi connectivity index (χ1) is 13.3. The lowest BCUT2D eigenvalue weighted by molar-refractivity contribution is -0.0861. The van der Waals surface area contributed by atoms with Crippen LogP contribution in [0.1, 0.15) is 58.3 Å². The van der Waals surface area contributed by atoms with Crippen LogP contribution in [0.2, 0.25) is 0 Å². The Kier molecular flexibility index (Phi) is 7.96. The highest BCUT2D eigenvalue weighted by molar-refractivity contribution is 6.15. The normalized spacial score (nSPS) is 20.5. The second kappa shape index (κ2) is 9.99. The van der Waals surface area contributed by atoms with E-state index in [1.165, 1.54) is 19.4 Å². The molecule has 2 saturated carbocycles. The Labute approximate surface area is 166 Å². The minimum absolute atomic E-state index is 0.122. The fourth-order valence-corrected chi connectivity index (χ4v) is 3.67. The Balaban J connectivity index is 2.40. The van der Waals surface area contributed by atoms with Crippen molar-refractivity contribution in [3.8, 4) is 0 Å². The molecule has 0 radical (unpaired) electrons. The number of hydrogen-bond donors (Lipinski definition) is 2.